The molecule has 0 radical (unpaired) electrons. The highest BCUT2D eigenvalue weighted by Crippen LogP contribution is 2.18. The Morgan fingerprint density at radius 2 is 1.65 bits per heavy atom. The number of amides is 2. The number of anilines is 1. The van der Waals surface area contributed by atoms with E-state index in [9.17, 15) is 9.59 Å². The van der Waals surface area contributed by atoms with Gasteiger partial charge in [-0.3, -0.25) is 14.6 Å². The van der Waals surface area contributed by atoms with Crippen molar-refractivity contribution < 1.29 is 9.59 Å². The van der Waals surface area contributed by atoms with E-state index in [-0.39, 0.29) is 17.5 Å². The minimum atomic E-state index is -0.324. The van der Waals surface area contributed by atoms with Crippen molar-refractivity contribution in [2.45, 2.75) is 12.8 Å². The van der Waals surface area contributed by atoms with Crippen LogP contribution in [0.15, 0.2) is 67.0 Å². The lowest BCUT2D eigenvalue weighted by atomic mass is 10.1. The molecule has 2 N–H and O–H groups in total. The third-order valence-corrected chi connectivity index (χ3v) is 5.25. The van der Waals surface area contributed by atoms with Gasteiger partial charge in [-0.2, -0.15) is 0 Å². The Bertz CT molecular complexity index is 1030. The molecule has 1 saturated heterocycles. The Morgan fingerprint density at radius 1 is 0.903 bits per heavy atom. The van der Waals surface area contributed by atoms with E-state index in [1.165, 1.54) is 19.0 Å². The molecule has 4 rings (SSSR count). The number of nitrogens with zero attached hydrogens (tertiary/aromatic N) is 3. The van der Waals surface area contributed by atoms with Crippen LogP contribution in [0.5, 0.6) is 0 Å². The van der Waals surface area contributed by atoms with Gasteiger partial charge in [0.15, 0.2) is 0 Å². The molecule has 0 bridgehead atoms. The molecule has 1 aliphatic rings. The van der Waals surface area contributed by atoms with E-state index in [2.05, 4.69) is 25.5 Å². The van der Waals surface area contributed by atoms with E-state index in [1.807, 2.05) is 42.5 Å². The number of benzene rings is 2. The van der Waals surface area contributed by atoms with E-state index in [0.717, 1.165) is 25.2 Å². The lowest BCUT2D eigenvalue weighted by Crippen LogP contribution is -2.33. The zero-order chi connectivity index (χ0) is 21.5. The molecule has 0 aliphatic carbocycles. The molecule has 1 fully saturated rings. The maximum atomic E-state index is 12.5. The summed E-state index contributed by atoms with van der Waals surface area (Å²) in [5.41, 5.74) is 2.87. The second kappa shape index (κ2) is 9.95. The van der Waals surface area contributed by atoms with Crippen molar-refractivity contribution in [2.24, 2.45) is 0 Å². The number of para-hydroxylation sites is 1. The minimum Gasteiger partial charge on any atom is -0.351 e. The van der Waals surface area contributed by atoms with Crippen molar-refractivity contribution >= 4 is 17.5 Å². The summed E-state index contributed by atoms with van der Waals surface area (Å²) in [7, 11) is 0. The first-order valence-electron chi connectivity index (χ1n) is 10.5. The standard InChI is InChI=1S/C24H25N5O2/c30-23(26-12-15-29-13-4-5-14-29)19-10-8-18(9-11-19)21-16-25-17-22(28-21)24(31)27-20-6-2-1-3-7-20/h1-3,6-11,16-17H,4-5,12-15H2,(H,26,30)(H,27,31). The Hall–Kier alpha value is -3.58. The molecule has 2 aromatic carbocycles. The van der Waals surface area contributed by atoms with E-state index < -0.39 is 0 Å². The molecule has 158 valence electrons. The average molecular weight is 415 g/mol. The predicted molar refractivity (Wildman–Crippen MR) is 120 cm³/mol. The van der Waals surface area contributed by atoms with Crippen LogP contribution in [-0.2, 0) is 0 Å². The van der Waals surface area contributed by atoms with Gasteiger partial charge >= 0.3 is 0 Å². The monoisotopic (exact) mass is 415 g/mol. The summed E-state index contributed by atoms with van der Waals surface area (Å²) in [4.78, 5) is 35.8. The first-order valence-corrected chi connectivity index (χ1v) is 10.5. The number of hydrogen-bond donors (Lipinski definition) is 2. The molecule has 7 heteroatoms. The second-order valence-corrected chi connectivity index (χ2v) is 7.49. The topological polar surface area (TPSA) is 87.2 Å². The summed E-state index contributed by atoms with van der Waals surface area (Å²) >= 11 is 0. The van der Waals surface area contributed by atoms with Gasteiger partial charge in [0.05, 0.1) is 18.1 Å². The zero-order valence-corrected chi connectivity index (χ0v) is 17.3. The second-order valence-electron chi connectivity index (χ2n) is 7.49. The van der Waals surface area contributed by atoms with Crippen molar-refractivity contribution in [1.82, 2.24) is 20.2 Å². The molecular weight excluding hydrogens is 390 g/mol. The van der Waals surface area contributed by atoms with Gasteiger partial charge in [-0.1, -0.05) is 30.3 Å². The lowest BCUT2D eigenvalue weighted by Gasteiger charge is -2.14. The molecule has 31 heavy (non-hydrogen) atoms. The smallest absolute Gasteiger partial charge is 0.275 e. The van der Waals surface area contributed by atoms with Crippen LogP contribution in [0.2, 0.25) is 0 Å². The average Bonchev–Trinajstić information content (AvgIpc) is 3.33. The summed E-state index contributed by atoms with van der Waals surface area (Å²) in [5, 5.41) is 5.77. The van der Waals surface area contributed by atoms with Gasteiger partial charge in [0.1, 0.15) is 5.69 Å². The Labute approximate surface area is 181 Å². The summed E-state index contributed by atoms with van der Waals surface area (Å²) < 4.78 is 0. The number of rotatable bonds is 7. The molecule has 0 unspecified atom stereocenters. The molecule has 0 saturated carbocycles. The fraction of sp³-hybridized carbons (Fsp3) is 0.250. The molecule has 0 atom stereocenters. The number of aromatic nitrogens is 2. The summed E-state index contributed by atoms with van der Waals surface area (Å²) in [6, 6.07) is 16.4. The quantitative estimate of drug-likeness (QED) is 0.619. The number of hydrogen-bond acceptors (Lipinski definition) is 5. The Balaban J connectivity index is 1.37. The largest absolute Gasteiger partial charge is 0.351 e. The summed E-state index contributed by atoms with van der Waals surface area (Å²) in [5.74, 6) is -0.414. The first kappa shape index (κ1) is 20.7. The van der Waals surface area contributed by atoms with Gasteiger partial charge in [0.2, 0.25) is 0 Å². The maximum Gasteiger partial charge on any atom is 0.275 e. The van der Waals surface area contributed by atoms with Crippen LogP contribution < -0.4 is 10.6 Å². The molecule has 2 amide bonds. The maximum absolute atomic E-state index is 12.5. The van der Waals surface area contributed by atoms with Crippen molar-refractivity contribution in [1.29, 1.82) is 0 Å². The fourth-order valence-electron chi connectivity index (χ4n) is 3.56. The van der Waals surface area contributed by atoms with E-state index in [0.29, 0.717) is 23.5 Å². The van der Waals surface area contributed by atoms with Gasteiger partial charge in [-0.05, 0) is 50.2 Å². The molecule has 1 aliphatic heterocycles. The highest BCUT2D eigenvalue weighted by atomic mass is 16.2. The summed E-state index contributed by atoms with van der Waals surface area (Å²) in [6.45, 7) is 3.77. The Morgan fingerprint density at radius 3 is 2.39 bits per heavy atom. The molecule has 2 heterocycles. The predicted octanol–water partition coefficient (Wildman–Crippen LogP) is 3.22. The first-order chi connectivity index (χ1) is 15.2. The van der Waals surface area contributed by atoms with Crippen molar-refractivity contribution in [3.63, 3.8) is 0 Å². The van der Waals surface area contributed by atoms with Crippen molar-refractivity contribution in [2.75, 3.05) is 31.5 Å². The van der Waals surface area contributed by atoms with Gasteiger partial charge in [-0.25, -0.2) is 4.98 Å². The molecule has 3 aromatic rings. The third kappa shape index (κ3) is 5.52. The SMILES string of the molecule is O=C(NCCN1CCCC1)c1ccc(-c2cncc(C(=O)Nc3ccccc3)n2)cc1. The van der Waals surface area contributed by atoms with E-state index in [1.54, 1.807) is 18.3 Å². The lowest BCUT2D eigenvalue weighted by molar-refractivity contribution is 0.0949. The molecule has 7 nitrogen and oxygen atoms in total. The Kier molecular flexibility index (Phi) is 6.64. The van der Waals surface area contributed by atoms with Gasteiger partial charge in [0, 0.05) is 29.9 Å². The minimum absolute atomic E-state index is 0.0900. The van der Waals surface area contributed by atoms with Gasteiger partial charge in [-0.15, -0.1) is 0 Å². The molecule has 0 spiro atoms. The van der Waals surface area contributed by atoms with Crippen molar-refractivity contribution in [3.05, 3.63) is 78.2 Å². The van der Waals surface area contributed by atoms with Crippen LogP contribution in [0.1, 0.15) is 33.7 Å². The third-order valence-electron chi connectivity index (χ3n) is 5.25. The summed E-state index contributed by atoms with van der Waals surface area (Å²) in [6.07, 6.45) is 5.52. The number of carbonyl (C=O) groups is 2. The zero-order valence-electron chi connectivity index (χ0n) is 17.3. The highest BCUT2D eigenvalue weighted by molar-refractivity contribution is 6.03. The number of carbonyl (C=O) groups excluding carboxylic acids is 2. The number of nitrogens with one attached hydrogen (secondary N) is 2. The van der Waals surface area contributed by atoms with E-state index >= 15 is 0 Å². The van der Waals surface area contributed by atoms with Crippen LogP contribution in [0, 0.1) is 0 Å². The van der Waals surface area contributed by atoms with Crippen LogP contribution in [0.3, 0.4) is 0 Å². The van der Waals surface area contributed by atoms with Gasteiger partial charge in [0.25, 0.3) is 11.8 Å². The molecular formula is C24H25N5O2. The van der Waals surface area contributed by atoms with Crippen molar-refractivity contribution in [3.8, 4) is 11.3 Å². The highest BCUT2D eigenvalue weighted by Gasteiger charge is 2.13. The van der Waals surface area contributed by atoms with Gasteiger partial charge < -0.3 is 15.5 Å². The molecule has 1 aromatic heterocycles. The van der Waals surface area contributed by atoms with Crippen LogP contribution in [-0.4, -0.2) is 52.9 Å². The van der Waals surface area contributed by atoms with Crippen LogP contribution >= 0.6 is 0 Å². The van der Waals surface area contributed by atoms with Crippen LogP contribution in [0.4, 0.5) is 5.69 Å². The van der Waals surface area contributed by atoms with E-state index in [4.69, 9.17) is 0 Å². The van der Waals surface area contributed by atoms with Crippen LogP contribution in [0.25, 0.3) is 11.3 Å². The number of likely N-dealkylation sites (tertiary alicyclic amines) is 1. The fourth-order valence-corrected chi connectivity index (χ4v) is 3.56. The normalized spacial score (nSPS) is 13.7.